The number of nitrogens with zero attached hydrogens (tertiary/aromatic N) is 2. The second-order valence-electron chi connectivity index (χ2n) is 3.52. The van der Waals surface area contributed by atoms with Gasteiger partial charge in [-0.3, -0.25) is 9.78 Å². The van der Waals surface area contributed by atoms with Crippen molar-refractivity contribution < 1.29 is 4.79 Å². The lowest BCUT2D eigenvalue weighted by molar-refractivity contribution is -0.117. The maximum absolute atomic E-state index is 11.6. The molecule has 0 radical (unpaired) electrons. The summed E-state index contributed by atoms with van der Waals surface area (Å²) in [5.74, 6) is 0.152. The Bertz CT molecular complexity index is 367. The summed E-state index contributed by atoms with van der Waals surface area (Å²) in [5, 5.41) is 0.162. The molecular formula is C10H12N2OS. The maximum atomic E-state index is 11.6. The zero-order chi connectivity index (χ0) is 10.1. The zero-order valence-electron chi connectivity index (χ0n) is 7.97. The summed E-state index contributed by atoms with van der Waals surface area (Å²) >= 11 is 4.32. The highest BCUT2D eigenvalue weighted by Crippen LogP contribution is 2.25. The SMILES string of the molecule is Cc1cnccc1N1CC(S)CC1=O. The van der Waals surface area contributed by atoms with Crippen molar-refractivity contribution in [2.45, 2.75) is 18.6 Å². The van der Waals surface area contributed by atoms with E-state index in [9.17, 15) is 4.79 Å². The Morgan fingerprint density at radius 2 is 2.43 bits per heavy atom. The van der Waals surface area contributed by atoms with Gasteiger partial charge in [-0.2, -0.15) is 12.6 Å². The Balaban J connectivity index is 2.32. The smallest absolute Gasteiger partial charge is 0.228 e. The lowest BCUT2D eigenvalue weighted by Gasteiger charge is -2.17. The van der Waals surface area contributed by atoms with E-state index in [0.717, 1.165) is 11.3 Å². The van der Waals surface area contributed by atoms with Crippen LogP contribution in [0, 0.1) is 6.92 Å². The summed E-state index contributed by atoms with van der Waals surface area (Å²) in [6.07, 6.45) is 4.01. The number of amides is 1. The summed E-state index contributed by atoms with van der Waals surface area (Å²) in [6.45, 7) is 2.66. The van der Waals surface area contributed by atoms with E-state index in [0.29, 0.717) is 13.0 Å². The number of rotatable bonds is 1. The van der Waals surface area contributed by atoms with Crippen molar-refractivity contribution in [3.8, 4) is 0 Å². The van der Waals surface area contributed by atoms with Gasteiger partial charge in [-0.05, 0) is 18.6 Å². The van der Waals surface area contributed by atoms with Gasteiger partial charge in [0.05, 0.1) is 0 Å². The monoisotopic (exact) mass is 208 g/mol. The molecule has 1 unspecified atom stereocenters. The molecule has 0 aliphatic carbocycles. The number of hydrogen-bond acceptors (Lipinski definition) is 3. The molecule has 0 saturated carbocycles. The van der Waals surface area contributed by atoms with Gasteiger partial charge in [-0.15, -0.1) is 0 Å². The molecule has 4 heteroatoms. The molecule has 1 atom stereocenters. The van der Waals surface area contributed by atoms with Gasteiger partial charge in [0.2, 0.25) is 5.91 Å². The fourth-order valence-electron chi connectivity index (χ4n) is 1.69. The molecule has 1 aromatic heterocycles. The second-order valence-corrected chi connectivity index (χ2v) is 4.25. The average molecular weight is 208 g/mol. The van der Waals surface area contributed by atoms with E-state index >= 15 is 0 Å². The normalized spacial score (nSPS) is 21.7. The molecule has 2 heterocycles. The molecule has 0 bridgehead atoms. The maximum Gasteiger partial charge on any atom is 0.228 e. The lowest BCUT2D eigenvalue weighted by Crippen LogP contribution is -2.25. The topological polar surface area (TPSA) is 33.2 Å². The molecule has 0 spiro atoms. The van der Waals surface area contributed by atoms with E-state index in [2.05, 4.69) is 17.6 Å². The number of thiol groups is 1. The van der Waals surface area contributed by atoms with Crippen LogP contribution in [0.1, 0.15) is 12.0 Å². The minimum atomic E-state index is 0.152. The summed E-state index contributed by atoms with van der Waals surface area (Å²) in [7, 11) is 0. The van der Waals surface area contributed by atoms with Crippen LogP contribution in [0.15, 0.2) is 18.5 Å². The zero-order valence-corrected chi connectivity index (χ0v) is 8.87. The van der Waals surface area contributed by atoms with Crippen LogP contribution in [0.5, 0.6) is 0 Å². The quantitative estimate of drug-likeness (QED) is 0.708. The van der Waals surface area contributed by atoms with Gasteiger partial charge in [-0.1, -0.05) is 0 Å². The van der Waals surface area contributed by atoms with Crippen LogP contribution in [0.2, 0.25) is 0 Å². The molecule has 0 N–H and O–H groups in total. The third kappa shape index (κ3) is 1.62. The lowest BCUT2D eigenvalue weighted by atomic mass is 10.2. The van der Waals surface area contributed by atoms with Gasteiger partial charge in [-0.25, -0.2) is 0 Å². The number of aromatic nitrogens is 1. The highest BCUT2D eigenvalue weighted by Gasteiger charge is 2.28. The fraction of sp³-hybridized carbons (Fsp3) is 0.400. The first-order valence-corrected chi connectivity index (χ1v) is 5.09. The Kier molecular flexibility index (Phi) is 2.46. The first kappa shape index (κ1) is 9.52. The van der Waals surface area contributed by atoms with Crippen LogP contribution in [0.4, 0.5) is 5.69 Å². The van der Waals surface area contributed by atoms with E-state index in [1.807, 2.05) is 13.0 Å². The van der Waals surface area contributed by atoms with Crippen molar-refractivity contribution in [3.05, 3.63) is 24.0 Å². The number of carbonyl (C=O) groups excluding carboxylic acids is 1. The minimum absolute atomic E-state index is 0.152. The molecule has 3 nitrogen and oxygen atoms in total. The van der Waals surface area contributed by atoms with Crippen LogP contribution in [-0.2, 0) is 4.79 Å². The van der Waals surface area contributed by atoms with Crippen LogP contribution in [0.25, 0.3) is 0 Å². The van der Waals surface area contributed by atoms with Crippen LogP contribution in [-0.4, -0.2) is 22.7 Å². The summed E-state index contributed by atoms with van der Waals surface area (Å²) in [4.78, 5) is 17.4. The summed E-state index contributed by atoms with van der Waals surface area (Å²) in [5.41, 5.74) is 1.99. The molecule has 0 aromatic carbocycles. The largest absolute Gasteiger partial charge is 0.311 e. The fourth-order valence-corrected chi connectivity index (χ4v) is 2.01. The Hall–Kier alpha value is -1.03. The Morgan fingerprint density at radius 1 is 1.64 bits per heavy atom. The van der Waals surface area contributed by atoms with Gasteiger partial charge >= 0.3 is 0 Å². The summed E-state index contributed by atoms with van der Waals surface area (Å²) < 4.78 is 0. The van der Waals surface area contributed by atoms with Crippen molar-refractivity contribution in [2.24, 2.45) is 0 Å². The van der Waals surface area contributed by atoms with Gasteiger partial charge in [0.1, 0.15) is 0 Å². The third-order valence-electron chi connectivity index (χ3n) is 2.39. The average Bonchev–Trinajstić information content (AvgIpc) is 2.46. The number of carbonyl (C=O) groups is 1. The number of pyridine rings is 1. The number of hydrogen-bond donors (Lipinski definition) is 1. The third-order valence-corrected chi connectivity index (χ3v) is 2.73. The van der Waals surface area contributed by atoms with E-state index < -0.39 is 0 Å². The standard InChI is InChI=1S/C10H12N2OS/c1-7-5-11-3-2-9(7)12-6-8(14)4-10(12)13/h2-3,5,8,14H,4,6H2,1H3. The molecular weight excluding hydrogens is 196 g/mol. The van der Waals surface area contributed by atoms with Gasteiger partial charge in [0.25, 0.3) is 0 Å². The molecule has 1 aliphatic rings. The predicted octanol–water partition coefficient (Wildman–Crippen LogP) is 1.43. The number of anilines is 1. The molecule has 1 saturated heterocycles. The summed E-state index contributed by atoms with van der Waals surface area (Å²) in [6, 6.07) is 1.87. The van der Waals surface area contributed by atoms with E-state index in [1.165, 1.54) is 0 Å². The van der Waals surface area contributed by atoms with Gasteiger partial charge < -0.3 is 4.90 Å². The van der Waals surface area contributed by atoms with E-state index in [1.54, 1.807) is 17.3 Å². The van der Waals surface area contributed by atoms with Gasteiger partial charge in [0, 0.05) is 36.3 Å². The molecule has 14 heavy (non-hydrogen) atoms. The molecule has 1 fully saturated rings. The van der Waals surface area contributed by atoms with Crippen molar-refractivity contribution >= 4 is 24.2 Å². The molecule has 74 valence electrons. The molecule has 1 aromatic rings. The molecule has 2 rings (SSSR count). The highest BCUT2D eigenvalue weighted by molar-refractivity contribution is 7.81. The van der Waals surface area contributed by atoms with E-state index in [-0.39, 0.29) is 11.2 Å². The van der Waals surface area contributed by atoms with Crippen molar-refractivity contribution in [1.82, 2.24) is 4.98 Å². The molecule has 1 amide bonds. The van der Waals surface area contributed by atoms with Crippen molar-refractivity contribution in [3.63, 3.8) is 0 Å². The number of aryl methyl sites for hydroxylation is 1. The van der Waals surface area contributed by atoms with Crippen LogP contribution in [0.3, 0.4) is 0 Å². The van der Waals surface area contributed by atoms with Crippen LogP contribution >= 0.6 is 12.6 Å². The first-order valence-electron chi connectivity index (χ1n) is 4.57. The predicted molar refractivity (Wildman–Crippen MR) is 58.7 cm³/mol. The Morgan fingerprint density at radius 3 is 3.00 bits per heavy atom. The second kappa shape index (κ2) is 3.61. The Labute approximate surface area is 88.5 Å². The molecule has 1 aliphatic heterocycles. The van der Waals surface area contributed by atoms with Crippen LogP contribution < -0.4 is 4.90 Å². The van der Waals surface area contributed by atoms with Crippen molar-refractivity contribution in [2.75, 3.05) is 11.4 Å². The van der Waals surface area contributed by atoms with Crippen molar-refractivity contribution in [1.29, 1.82) is 0 Å². The highest BCUT2D eigenvalue weighted by atomic mass is 32.1. The first-order chi connectivity index (χ1) is 6.68. The van der Waals surface area contributed by atoms with E-state index in [4.69, 9.17) is 0 Å². The minimum Gasteiger partial charge on any atom is -0.311 e. The van der Waals surface area contributed by atoms with Gasteiger partial charge in [0.15, 0.2) is 0 Å².